The Kier molecular flexibility index (Phi) is 2.71. The predicted octanol–water partition coefficient (Wildman–Crippen LogP) is 0.429. The number of likely N-dealkylation sites (tertiary alicyclic amines) is 1. The standard InChI is InChI=1S/C11H18N4O/c1-7(2)15-10(16)4-8(12)11(15)9-5-13-6-14(9)3/h5-8,11H,4,12H2,1-3H3/t8-,11-/m0/s1. The third-order valence-electron chi connectivity index (χ3n) is 3.12. The zero-order chi connectivity index (χ0) is 11.9. The van der Waals surface area contributed by atoms with Crippen LogP contribution in [0, 0.1) is 0 Å². The largest absolute Gasteiger partial charge is 0.336 e. The van der Waals surface area contributed by atoms with Crippen LogP contribution in [-0.4, -0.2) is 32.4 Å². The van der Waals surface area contributed by atoms with E-state index in [2.05, 4.69) is 4.98 Å². The zero-order valence-corrected chi connectivity index (χ0v) is 9.92. The molecule has 0 bridgehead atoms. The first kappa shape index (κ1) is 11.1. The highest BCUT2D eigenvalue weighted by molar-refractivity contribution is 5.80. The number of amides is 1. The SMILES string of the molecule is CC(C)N1C(=O)C[C@H](N)[C@H]1c1cncn1C. The lowest BCUT2D eigenvalue weighted by Gasteiger charge is -2.30. The fourth-order valence-electron chi connectivity index (χ4n) is 2.40. The van der Waals surface area contributed by atoms with Crippen LogP contribution in [-0.2, 0) is 11.8 Å². The van der Waals surface area contributed by atoms with Gasteiger partial charge in [-0.05, 0) is 13.8 Å². The highest BCUT2D eigenvalue weighted by Crippen LogP contribution is 2.33. The Balaban J connectivity index is 2.38. The first-order chi connectivity index (χ1) is 7.52. The van der Waals surface area contributed by atoms with Gasteiger partial charge in [-0.1, -0.05) is 0 Å². The molecule has 2 heterocycles. The third kappa shape index (κ3) is 1.61. The number of nitrogens with zero attached hydrogens (tertiary/aromatic N) is 3. The molecule has 0 radical (unpaired) electrons. The second-order valence-corrected chi connectivity index (χ2v) is 4.64. The Labute approximate surface area is 95.2 Å². The zero-order valence-electron chi connectivity index (χ0n) is 9.92. The Bertz CT molecular complexity index is 398. The predicted molar refractivity (Wildman–Crippen MR) is 60.5 cm³/mol. The molecule has 1 saturated heterocycles. The number of carbonyl (C=O) groups is 1. The molecule has 1 aromatic heterocycles. The number of hydrogen-bond acceptors (Lipinski definition) is 3. The first-order valence-corrected chi connectivity index (χ1v) is 5.55. The molecule has 0 saturated carbocycles. The molecule has 0 spiro atoms. The van der Waals surface area contributed by atoms with Crippen molar-refractivity contribution in [2.24, 2.45) is 12.8 Å². The average Bonchev–Trinajstić information content (AvgIpc) is 2.69. The molecule has 1 aliphatic rings. The van der Waals surface area contributed by atoms with Crippen LogP contribution in [0.5, 0.6) is 0 Å². The number of aryl methyl sites for hydroxylation is 1. The number of aromatic nitrogens is 2. The van der Waals surface area contributed by atoms with Crippen LogP contribution in [0.2, 0.25) is 0 Å². The summed E-state index contributed by atoms with van der Waals surface area (Å²) in [7, 11) is 1.93. The summed E-state index contributed by atoms with van der Waals surface area (Å²) >= 11 is 0. The van der Waals surface area contributed by atoms with E-state index in [9.17, 15) is 4.79 Å². The summed E-state index contributed by atoms with van der Waals surface area (Å²) in [6, 6.07) is -0.00810. The first-order valence-electron chi connectivity index (χ1n) is 5.55. The summed E-state index contributed by atoms with van der Waals surface area (Å²) in [6.07, 6.45) is 3.95. The van der Waals surface area contributed by atoms with Crippen LogP contribution in [0.15, 0.2) is 12.5 Å². The van der Waals surface area contributed by atoms with Gasteiger partial charge in [0.15, 0.2) is 0 Å². The van der Waals surface area contributed by atoms with Crippen LogP contribution in [0.4, 0.5) is 0 Å². The molecule has 1 aliphatic heterocycles. The maximum atomic E-state index is 11.9. The molecule has 16 heavy (non-hydrogen) atoms. The highest BCUT2D eigenvalue weighted by atomic mass is 16.2. The Morgan fingerprint density at radius 1 is 1.56 bits per heavy atom. The maximum Gasteiger partial charge on any atom is 0.225 e. The second kappa shape index (κ2) is 3.90. The molecule has 2 rings (SSSR count). The number of hydrogen-bond donors (Lipinski definition) is 1. The van der Waals surface area contributed by atoms with Gasteiger partial charge in [0.2, 0.25) is 5.91 Å². The summed E-state index contributed by atoms with van der Waals surface area (Å²) in [5, 5.41) is 0. The summed E-state index contributed by atoms with van der Waals surface area (Å²) < 4.78 is 1.93. The maximum absolute atomic E-state index is 11.9. The van der Waals surface area contributed by atoms with E-state index in [-0.39, 0.29) is 24.0 Å². The van der Waals surface area contributed by atoms with Gasteiger partial charge in [-0.25, -0.2) is 4.98 Å². The number of imidazole rings is 1. The molecule has 1 amide bonds. The lowest BCUT2D eigenvalue weighted by atomic mass is 10.1. The fourth-order valence-corrected chi connectivity index (χ4v) is 2.40. The summed E-state index contributed by atoms with van der Waals surface area (Å²) in [6.45, 7) is 4.03. The minimum absolute atomic E-state index is 0.0417. The Hall–Kier alpha value is -1.36. The topological polar surface area (TPSA) is 64.2 Å². The van der Waals surface area contributed by atoms with E-state index in [0.717, 1.165) is 5.69 Å². The van der Waals surface area contributed by atoms with Crippen LogP contribution in [0.3, 0.4) is 0 Å². The fraction of sp³-hybridized carbons (Fsp3) is 0.636. The van der Waals surface area contributed by atoms with Crippen molar-refractivity contribution in [2.75, 3.05) is 0 Å². The van der Waals surface area contributed by atoms with Crippen molar-refractivity contribution in [1.29, 1.82) is 0 Å². The van der Waals surface area contributed by atoms with Gasteiger partial charge in [-0.15, -0.1) is 0 Å². The molecule has 5 nitrogen and oxygen atoms in total. The smallest absolute Gasteiger partial charge is 0.225 e. The normalized spacial score (nSPS) is 25.8. The quantitative estimate of drug-likeness (QED) is 0.789. The van der Waals surface area contributed by atoms with Crippen molar-refractivity contribution in [3.05, 3.63) is 18.2 Å². The van der Waals surface area contributed by atoms with Gasteiger partial charge in [0, 0.05) is 25.6 Å². The average molecular weight is 222 g/mol. The van der Waals surface area contributed by atoms with E-state index in [4.69, 9.17) is 5.73 Å². The Morgan fingerprint density at radius 3 is 2.75 bits per heavy atom. The molecule has 1 fully saturated rings. The molecular formula is C11H18N4O. The molecule has 0 unspecified atom stereocenters. The van der Waals surface area contributed by atoms with Gasteiger partial charge in [0.25, 0.3) is 0 Å². The van der Waals surface area contributed by atoms with Crippen LogP contribution >= 0.6 is 0 Å². The van der Waals surface area contributed by atoms with E-state index in [1.165, 1.54) is 0 Å². The van der Waals surface area contributed by atoms with Crippen LogP contribution in [0.1, 0.15) is 32.0 Å². The molecule has 2 atom stereocenters. The van der Waals surface area contributed by atoms with E-state index in [1.807, 2.05) is 30.4 Å². The highest BCUT2D eigenvalue weighted by Gasteiger charge is 2.41. The Morgan fingerprint density at radius 2 is 2.25 bits per heavy atom. The second-order valence-electron chi connectivity index (χ2n) is 4.64. The third-order valence-corrected chi connectivity index (χ3v) is 3.12. The van der Waals surface area contributed by atoms with E-state index >= 15 is 0 Å². The van der Waals surface area contributed by atoms with Crippen molar-refractivity contribution in [3.63, 3.8) is 0 Å². The molecule has 0 aromatic carbocycles. The van der Waals surface area contributed by atoms with E-state index in [1.54, 1.807) is 12.5 Å². The lowest BCUT2D eigenvalue weighted by molar-refractivity contribution is -0.130. The molecule has 88 valence electrons. The summed E-state index contributed by atoms with van der Waals surface area (Å²) in [5.74, 6) is 0.133. The minimum atomic E-state index is -0.134. The van der Waals surface area contributed by atoms with Gasteiger partial charge in [-0.3, -0.25) is 4.79 Å². The number of carbonyl (C=O) groups excluding carboxylic acids is 1. The molecule has 5 heteroatoms. The van der Waals surface area contributed by atoms with Crippen molar-refractivity contribution in [1.82, 2.24) is 14.5 Å². The summed E-state index contributed by atoms with van der Waals surface area (Å²) in [5.41, 5.74) is 7.06. The van der Waals surface area contributed by atoms with Crippen molar-refractivity contribution in [2.45, 2.75) is 38.4 Å². The van der Waals surface area contributed by atoms with Crippen LogP contribution in [0.25, 0.3) is 0 Å². The van der Waals surface area contributed by atoms with Gasteiger partial charge in [0.1, 0.15) is 0 Å². The van der Waals surface area contributed by atoms with Crippen LogP contribution < -0.4 is 5.73 Å². The lowest BCUT2D eigenvalue weighted by Crippen LogP contribution is -2.38. The molecule has 2 N–H and O–H groups in total. The molecule has 1 aromatic rings. The van der Waals surface area contributed by atoms with E-state index < -0.39 is 0 Å². The monoisotopic (exact) mass is 222 g/mol. The van der Waals surface area contributed by atoms with Gasteiger partial charge in [-0.2, -0.15) is 0 Å². The van der Waals surface area contributed by atoms with Crippen molar-refractivity contribution < 1.29 is 4.79 Å². The number of rotatable bonds is 2. The summed E-state index contributed by atoms with van der Waals surface area (Å²) in [4.78, 5) is 17.8. The number of nitrogens with two attached hydrogens (primary N) is 1. The minimum Gasteiger partial charge on any atom is -0.336 e. The van der Waals surface area contributed by atoms with E-state index in [0.29, 0.717) is 6.42 Å². The van der Waals surface area contributed by atoms with Gasteiger partial charge in [0.05, 0.1) is 24.3 Å². The van der Waals surface area contributed by atoms with Gasteiger partial charge < -0.3 is 15.2 Å². The molecule has 0 aliphatic carbocycles. The van der Waals surface area contributed by atoms with Crippen molar-refractivity contribution in [3.8, 4) is 0 Å². The van der Waals surface area contributed by atoms with Gasteiger partial charge >= 0.3 is 0 Å². The van der Waals surface area contributed by atoms with Crippen molar-refractivity contribution >= 4 is 5.91 Å². The molecular weight excluding hydrogens is 204 g/mol.